The first-order chi connectivity index (χ1) is 9.43. The highest BCUT2D eigenvalue weighted by atomic mass is 16.3. The average molecular weight is 284 g/mol. The van der Waals surface area contributed by atoms with E-state index in [-0.39, 0.29) is 11.8 Å². The molecule has 20 heavy (non-hydrogen) atoms. The lowest BCUT2D eigenvalue weighted by molar-refractivity contribution is -0.133. The molecule has 0 aromatic carbocycles. The van der Waals surface area contributed by atoms with Gasteiger partial charge in [-0.2, -0.15) is 0 Å². The van der Waals surface area contributed by atoms with Gasteiger partial charge in [-0.25, -0.2) is 0 Å². The van der Waals surface area contributed by atoms with Crippen LogP contribution in [0.15, 0.2) is 0 Å². The van der Waals surface area contributed by atoms with E-state index in [1.807, 2.05) is 0 Å². The Bertz CT molecular complexity index is 325. The Balaban J connectivity index is 2.10. The van der Waals surface area contributed by atoms with Crippen molar-refractivity contribution in [2.24, 2.45) is 0 Å². The molecule has 0 radical (unpaired) electrons. The van der Waals surface area contributed by atoms with Gasteiger partial charge < -0.3 is 15.3 Å². The van der Waals surface area contributed by atoms with Crippen molar-refractivity contribution in [3.05, 3.63) is 0 Å². The Labute approximate surface area is 121 Å². The molecule has 0 aliphatic heterocycles. The van der Waals surface area contributed by atoms with Crippen molar-refractivity contribution in [1.29, 1.82) is 0 Å². The summed E-state index contributed by atoms with van der Waals surface area (Å²) in [5.41, 5.74) is -0.657. The van der Waals surface area contributed by atoms with E-state index in [0.717, 1.165) is 44.9 Å². The van der Waals surface area contributed by atoms with Crippen molar-refractivity contribution in [3.63, 3.8) is 0 Å². The summed E-state index contributed by atoms with van der Waals surface area (Å²) in [6.07, 6.45) is 6.92. The summed E-state index contributed by atoms with van der Waals surface area (Å²) < 4.78 is 0. The van der Waals surface area contributed by atoms with Gasteiger partial charge in [0.15, 0.2) is 0 Å². The zero-order valence-corrected chi connectivity index (χ0v) is 12.8. The van der Waals surface area contributed by atoms with Crippen LogP contribution in [0.1, 0.15) is 58.3 Å². The lowest BCUT2D eigenvalue weighted by Gasteiger charge is -2.28. The van der Waals surface area contributed by atoms with E-state index in [4.69, 9.17) is 0 Å². The molecule has 5 heteroatoms. The van der Waals surface area contributed by atoms with Gasteiger partial charge in [-0.05, 0) is 25.7 Å². The van der Waals surface area contributed by atoms with Crippen LogP contribution in [0.5, 0.6) is 0 Å². The second kappa shape index (κ2) is 8.25. The summed E-state index contributed by atoms with van der Waals surface area (Å²) in [6, 6.07) is 0. The molecule has 0 bridgehead atoms. The van der Waals surface area contributed by atoms with Crippen LogP contribution < -0.4 is 5.32 Å². The third kappa shape index (κ3) is 6.37. The number of likely N-dealkylation sites (N-methyl/N-ethyl adjacent to an activating group) is 1. The lowest BCUT2D eigenvalue weighted by Crippen LogP contribution is -2.41. The van der Waals surface area contributed by atoms with Gasteiger partial charge in [0, 0.05) is 33.5 Å². The molecule has 0 spiro atoms. The summed E-state index contributed by atoms with van der Waals surface area (Å²) >= 11 is 0. The Hall–Kier alpha value is -1.10. The van der Waals surface area contributed by atoms with Crippen molar-refractivity contribution >= 4 is 11.8 Å². The highest BCUT2D eigenvalue weighted by molar-refractivity contribution is 5.75. The average Bonchev–Trinajstić information content (AvgIpc) is 2.79. The molecule has 0 unspecified atom stereocenters. The maximum Gasteiger partial charge on any atom is 0.222 e. The van der Waals surface area contributed by atoms with Crippen molar-refractivity contribution in [1.82, 2.24) is 10.2 Å². The molecular weight excluding hydrogens is 256 g/mol. The molecule has 0 aromatic heterocycles. The van der Waals surface area contributed by atoms with Gasteiger partial charge in [-0.15, -0.1) is 0 Å². The highest BCUT2D eigenvalue weighted by Crippen LogP contribution is 2.30. The zero-order chi connectivity index (χ0) is 15.0. The number of carbonyl (C=O) groups excluding carboxylic acids is 2. The molecule has 0 atom stereocenters. The molecule has 116 valence electrons. The van der Waals surface area contributed by atoms with E-state index in [2.05, 4.69) is 5.32 Å². The predicted molar refractivity (Wildman–Crippen MR) is 78.2 cm³/mol. The van der Waals surface area contributed by atoms with E-state index in [9.17, 15) is 14.7 Å². The molecular formula is C15H28N2O3. The van der Waals surface area contributed by atoms with Crippen LogP contribution in [0, 0.1) is 0 Å². The lowest BCUT2D eigenvalue weighted by atomic mass is 10.0. The van der Waals surface area contributed by atoms with Crippen LogP contribution in [0.2, 0.25) is 0 Å². The van der Waals surface area contributed by atoms with Gasteiger partial charge >= 0.3 is 0 Å². The summed E-state index contributed by atoms with van der Waals surface area (Å²) in [6.45, 7) is 2.64. The Morgan fingerprint density at radius 3 is 2.45 bits per heavy atom. The Morgan fingerprint density at radius 1 is 1.20 bits per heavy atom. The van der Waals surface area contributed by atoms with Gasteiger partial charge in [-0.3, -0.25) is 9.59 Å². The minimum atomic E-state index is -0.657. The minimum Gasteiger partial charge on any atom is -0.388 e. The molecule has 0 aromatic rings. The second-order valence-electron chi connectivity index (χ2n) is 5.97. The number of nitrogens with one attached hydrogen (secondary N) is 1. The first-order valence-electron chi connectivity index (χ1n) is 7.64. The fourth-order valence-corrected chi connectivity index (χ4v) is 2.75. The van der Waals surface area contributed by atoms with E-state index in [1.54, 1.807) is 11.9 Å². The molecule has 1 saturated carbocycles. The third-order valence-electron chi connectivity index (χ3n) is 3.93. The molecule has 1 fully saturated rings. The van der Waals surface area contributed by atoms with Gasteiger partial charge in [0.05, 0.1) is 5.60 Å². The normalized spacial score (nSPS) is 16.9. The number of unbranched alkanes of at least 4 members (excludes halogenated alkanes) is 2. The second-order valence-corrected chi connectivity index (χ2v) is 5.97. The van der Waals surface area contributed by atoms with Crippen molar-refractivity contribution < 1.29 is 14.7 Å². The van der Waals surface area contributed by atoms with Crippen molar-refractivity contribution in [3.8, 4) is 0 Å². The monoisotopic (exact) mass is 284 g/mol. The molecule has 1 aliphatic rings. The maximum absolute atomic E-state index is 12.0. The largest absolute Gasteiger partial charge is 0.388 e. The van der Waals surface area contributed by atoms with E-state index < -0.39 is 5.60 Å². The summed E-state index contributed by atoms with van der Waals surface area (Å²) in [5, 5.41) is 13.0. The van der Waals surface area contributed by atoms with Crippen LogP contribution in [-0.4, -0.2) is 47.6 Å². The Kier molecular flexibility index (Phi) is 6.99. The van der Waals surface area contributed by atoms with Crippen molar-refractivity contribution in [2.45, 2.75) is 63.9 Å². The number of hydrogen-bond donors (Lipinski definition) is 2. The minimum absolute atomic E-state index is 0.00869. The SMILES string of the molecule is CC(=O)NCCCCCC(=O)N(C)CC1(O)CCCC1. The van der Waals surface area contributed by atoms with Crippen LogP contribution in [0.25, 0.3) is 0 Å². The number of carbonyl (C=O) groups is 2. The first kappa shape index (κ1) is 17.0. The molecule has 2 N–H and O–H groups in total. The molecule has 0 heterocycles. The number of aliphatic hydroxyl groups is 1. The van der Waals surface area contributed by atoms with E-state index in [0.29, 0.717) is 19.5 Å². The standard InChI is InChI=1S/C15H28N2O3/c1-13(18)16-11-7-3-4-8-14(19)17(2)12-15(20)9-5-6-10-15/h20H,3-12H2,1-2H3,(H,16,18). The number of hydrogen-bond acceptors (Lipinski definition) is 3. The van der Waals surface area contributed by atoms with E-state index >= 15 is 0 Å². The zero-order valence-electron chi connectivity index (χ0n) is 12.8. The smallest absolute Gasteiger partial charge is 0.222 e. The van der Waals surface area contributed by atoms with Crippen LogP contribution >= 0.6 is 0 Å². The molecule has 1 rings (SSSR count). The van der Waals surface area contributed by atoms with Gasteiger partial charge in [0.25, 0.3) is 0 Å². The predicted octanol–water partition coefficient (Wildman–Crippen LogP) is 1.45. The summed E-state index contributed by atoms with van der Waals surface area (Å²) in [7, 11) is 1.77. The molecule has 0 saturated heterocycles. The molecule has 5 nitrogen and oxygen atoms in total. The summed E-state index contributed by atoms with van der Waals surface area (Å²) in [4.78, 5) is 24.3. The fourth-order valence-electron chi connectivity index (χ4n) is 2.75. The van der Waals surface area contributed by atoms with Crippen LogP contribution in [-0.2, 0) is 9.59 Å². The van der Waals surface area contributed by atoms with Gasteiger partial charge in [0.2, 0.25) is 11.8 Å². The number of nitrogens with zero attached hydrogens (tertiary/aromatic N) is 1. The topological polar surface area (TPSA) is 69.6 Å². The Morgan fingerprint density at radius 2 is 1.85 bits per heavy atom. The molecule has 1 aliphatic carbocycles. The third-order valence-corrected chi connectivity index (χ3v) is 3.93. The van der Waals surface area contributed by atoms with Crippen LogP contribution in [0.4, 0.5) is 0 Å². The molecule has 2 amide bonds. The van der Waals surface area contributed by atoms with Gasteiger partial charge in [-0.1, -0.05) is 19.3 Å². The van der Waals surface area contributed by atoms with Gasteiger partial charge in [0.1, 0.15) is 0 Å². The van der Waals surface area contributed by atoms with E-state index in [1.165, 1.54) is 6.92 Å². The highest BCUT2D eigenvalue weighted by Gasteiger charge is 2.33. The van der Waals surface area contributed by atoms with Crippen molar-refractivity contribution in [2.75, 3.05) is 20.1 Å². The number of amides is 2. The summed E-state index contributed by atoms with van der Waals surface area (Å²) in [5.74, 6) is 0.0930. The number of rotatable bonds is 8. The first-order valence-corrected chi connectivity index (χ1v) is 7.64. The maximum atomic E-state index is 12.0. The quantitative estimate of drug-likeness (QED) is 0.663. The fraction of sp³-hybridized carbons (Fsp3) is 0.867. The van der Waals surface area contributed by atoms with Crippen LogP contribution in [0.3, 0.4) is 0 Å².